The minimum absolute atomic E-state index is 0.235. The first-order valence-corrected chi connectivity index (χ1v) is 6.52. The van der Waals surface area contributed by atoms with Crippen molar-refractivity contribution in [3.8, 4) is 0 Å². The van der Waals surface area contributed by atoms with Crippen LogP contribution in [0.3, 0.4) is 0 Å². The lowest BCUT2D eigenvalue weighted by Crippen LogP contribution is -2.23. The molecular weight excluding hydrogens is 239 g/mol. The zero-order chi connectivity index (χ0) is 12.9. The van der Waals surface area contributed by atoms with Gasteiger partial charge in [-0.1, -0.05) is 0 Å². The smallest absolute Gasteiger partial charge is 0.309 e. The van der Waals surface area contributed by atoms with Gasteiger partial charge in [0.25, 0.3) is 0 Å². The van der Waals surface area contributed by atoms with E-state index < -0.39 is 11.4 Å². The van der Waals surface area contributed by atoms with Crippen LogP contribution < -0.4 is 0 Å². The molecule has 0 atom stereocenters. The monoisotopic (exact) mass is 256 g/mol. The number of benzene rings is 1. The van der Waals surface area contributed by atoms with Gasteiger partial charge in [0.1, 0.15) is 5.82 Å². The predicted octanol–water partition coefficient (Wildman–Crippen LogP) is 3.81. The van der Waals surface area contributed by atoms with Gasteiger partial charge in [0, 0.05) is 4.90 Å². The SMILES string of the molecule is CC(C)(CCCSc1ccc(F)cc1)C(=O)O. The minimum atomic E-state index is -0.760. The molecule has 0 heterocycles. The maximum absolute atomic E-state index is 12.6. The highest BCUT2D eigenvalue weighted by molar-refractivity contribution is 7.99. The third kappa shape index (κ3) is 4.77. The molecular formula is C13H17FO2S. The molecule has 1 aromatic carbocycles. The molecule has 1 aromatic rings. The number of aliphatic carboxylic acids is 1. The van der Waals surface area contributed by atoms with Crippen molar-refractivity contribution >= 4 is 17.7 Å². The summed E-state index contributed by atoms with van der Waals surface area (Å²) < 4.78 is 12.6. The molecule has 0 aliphatic rings. The van der Waals surface area contributed by atoms with Crippen LogP contribution in [0.1, 0.15) is 26.7 Å². The van der Waals surface area contributed by atoms with Crippen LogP contribution in [-0.4, -0.2) is 16.8 Å². The summed E-state index contributed by atoms with van der Waals surface area (Å²) in [5.41, 5.74) is -0.663. The van der Waals surface area contributed by atoms with E-state index >= 15 is 0 Å². The summed E-state index contributed by atoms with van der Waals surface area (Å²) >= 11 is 1.62. The Bertz CT molecular complexity index is 374. The van der Waals surface area contributed by atoms with Crippen LogP contribution in [0.25, 0.3) is 0 Å². The van der Waals surface area contributed by atoms with Gasteiger partial charge in [0.2, 0.25) is 0 Å². The molecule has 0 saturated heterocycles. The van der Waals surface area contributed by atoms with Gasteiger partial charge in [-0.25, -0.2) is 4.39 Å². The summed E-state index contributed by atoms with van der Waals surface area (Å²) in [6.45, 7) is 3.47. The lowest BCUT2D eigenvalue weighted by Gasteiger charge is -2.18. The molecule has 4 heteroatoms. The van der Waals surface area contributed by atoms with E-state index in [1.807, 2.05) is 0 Å². The number of carboxylic acids is 1. The molecule has 2 nitrogen and oxygen atoms in total. The Morgan fingerprint density at radius 1 is 1.35 bits per heavy atom. The second-order valence-corrected chi connectivity index (χ2v) is 5.76. The van der Waals surface area contributed by atoms with Crippen molar-refractivity contribution in [2.24, 2.45) is 5.41 Å². The molecule has 1 rings (SSSR count). The quantitative estimate of drug-likeness (QED) is 0.621. The topological polar surface area (TPSA) is 37.3 Å². The summed E-state index contributed by atoms with van der Waals surface area (Å²) in [5.74, 6) is -0.145. The molecule has 0 amide bonds. The summed E-state index contributed by atoms with van der Waals surface area (Å²) in [5, 5.41) is 8.94. The van der Waals surface area contributed by atoms with Gasteiger partial charge in [-0.3, -0.25) is 4.79 Å². The fourth-order valence-corrected chi connectivity index (χ4v) is 2.19. The van der Waals surface area contributed by atoms with Gasteiger partial charge in [-0.05, 0) is 56.7 Å². The standard InChI is InChI=1S/C13H17FO2S/c1-13(2,12(15)16)8-3-9-17-11-6-4-10(14)5-7-11/h4-7H,3,8-9H2,1-2H3,(H,15,16). The van der Waals surface area contributed by atoms with Crippen LogP contribution in [0.4, 0.5) is 4.39 Å². The van der Waals surface area contributed by atoms with Crippen LogP contribution in [0.5, 0.6) is 0 Å². The Morgan fingerprint density at radius 2 is 1.94 bits per heavy atom. The largest absolute Gasteiger partial charge is 0.481 e. The predicted molar refractivity (Wildman–Crippen MR) is 67.8 cm³/mol. The summed E-state index contributed by atoms with van der Waals surface area (Å²) in [6, 6.07) is 6.34. The van der Waals surface area contributed by atoms with Gasteiger partial charge < -0.3 is 5.11 Å². The summed E-state index contributed by atoms with van der Waals surface area (Å²) in [7, 11) is 0. The molecule has 1 N–H and O–H groups in total. The summed E-state index contributed by atoms with van der Waals surface area (Å²) in [6.07, 6.45) is 1.48. The molecule has 0 spiro atoms. The van der Waals surface area contributed by atoms with Crippen LogP contribution in [0.2, 0.25) is 0 Å². The second kappa shape index (κ2) is 6.05. The Balaban J connectivity index is 2.29. The van der Waals surface area contributed by atoms with Crippen molar-refractivity contribution in [3.63, 3.8) is 0 Å². The van der Waals surface area contributed by atoms with Crippen molar-refractivity contribution in [1.82, 2.24) is 0 Å². The number of carbonyl (C=O) groups is 1. The van der Waals surface area contributed by atoms with Crippen molar-refractivity contribution in [2.45, 2.75) is 31.6 Å². The first-order chi connectivity index (χ1) is 7.92. The molecule has 0 radical (unpaired) electrons. The molecule has 0 bridgehead atoms. The highest BCUT2D eigenvalue weighted by Gasteiger charge is 2.25. The van der Waals surface area contributed by atoms with Crippen molar-refractivity contribution in [3.05, 3.63) is 30.1 Å². The normalized spacial score (nSPS) is 11.5. The number of thioether (sulfide) groups is 1. The molecule has 0 fully saturated rings. The number of halogens is 1. The third-order valence-electron chi connectivity index (χ3n) is 2.61. The maximum atomic E-state index is 12.6. The van der Waals surface area contributed by atoms with E-state index in [0.717, 1.165) is 17.1 Å². The van der Waals surface area contributed by atoms with Gasteiger partial charge >= 0.3 is 5.97 Å². The average molecular weight is 256 g/mol. The fraction of sp³-hybridized carbons (Fsp3) is 0.462. The average Bonchev–Trinajstić information content (AvgIpc) is 2.26. The lowest BCUT2D eigenvalue weighted by atomic mass is 9.88. The molecule has 0 unspecified atom stereocenters. The second-order valence-electron chi connectivity index (χ2n) is 4.59. The molecule has 94 valence electrons. The van der Waals surface area contributed by atoms with Gasteiger partial charge in [0.15, 0.2) is 0 Å². The Kier molecular flexibility index (Phi) is 5.00. The van der Waals surface area contributed by atoms with Crippen molar-refractivity contribution in [2.75, 3.05) is 5.75 Å². The minimum Gasteiger partial charge on any atom is -0.481 e. The molecule has 0 aliphatic carbocycles. The van der Waals surface area contributed by atoms with Gasteiger partial charge in [0.05, 0.1) is 5.41 Å². The van der Waals surface area contributed by atoms with Crippen LogP contribution in [0.15, 0.2) is 29.2 Å². The molecule has 0 saturated carbocycles. The van der Waals surface area contributed by atoms with E-state index in [9.17, 15) is 9.18 Å². The van der Waals surface area contributed by atoms with E-state index in [-0.39, 0.29) is 5.82 Å². The van der Waals surface area contributed by atoms with E-state index in [2.05, 4.69) is 0 Å². The Hall–Kier alpha value is -1.03. The molecule has 0 aliphatic heterocycles. The zero-order valence-electron chi connectivity index (χ0n) is 10.1. The molecule has 0 aromatic heterocycles. The zero-order valence-corrected chi connectivity index (χ0v) is 10.9. The number of hydrogen-bond acceptors (Lipinski definition) is 2. The highest BCUT2D eigenvalue weighted by atomic mass is 32.2. The summed E-state index contributed by atoms with van der Waals surface area (Å²) in [4.78, 5) is 11.9. The molecule has 17 heavy (non-hydrogen) atoms. The van der Waals surface area contributed by atoms with Gasteiger partial charge in [-0.2, -0.15) is 0 Å². The Labute approximate surface area is 105 Å². The van der Waals surface area contributed by atoms with E-state index in [0.29, 0.717) is 6.42 Å². The van der Waals surface area contributed by atoms with Crippen LogP contribution in [0, 0.1) is 11.2 Å². The first kappa shape index (κ1) is 14.0. The highest BCUT2D eigenvalue weighted by Crippen LogP contribution is 2.26. The number of rotatable bonds is 6. The lowest BCUT2D eigenvalue weighted by molar-refractivity contribution is -0.147. The van der Waals surface area contributed by atoms with E-state index in [1.165, 1.54) is 12.1 Å². The Morgan fingerprint density at radius 3 is 2.47 bits per heavy atom. The first-order valence-electron chi connectivity index (χ1n) is 5.53. The van der Waals surface area contributed by atoms with E-state index in [1.54, 1.807) is 37.7 Å². The van der Waals surface area contributed by atoms with Crippen LogP contribution in [-0.2, 0) is 4.79 Å². The maximum Gasteiger partial charge on any atom is 0.309 e. The van der Waals surface area contributed by atoms with Crippen molar-refractivity contribution < 1.29 is 14.3 Å². The van der Waals surface area contributed by atoms with Gasteiger partial charge in [-0.15, -0.1) is 11.8 Å². The third-order valence-corrected chi connectivity index (χ3v) is 3.71. The van der Waals surface area contributed by atoms with Crippen molar-refractivity contribution in [1.29, 1.82) is 0 Å². The van der Waals surface area contributed by atoms with Crippen LogP contribution >= 0.6 is 11.8 Å². The van der Waals surface area contributed by atoms with E-state index in [4.69, 9.17) is 5.11 Å². The number of carboxylic acid groups (broad SMARTS) is 1. The fourth-order valence-electron chi connectivity index (χ4n) is 1.34. The number of hydrogen-bond donors (Lipinski definition) is 1.